The number of alkyl halides is 3. The minimum absolute atomic E-state index is 0.122. The molecule has 0 unspecified atom stereocenters. The lowest BCUT2D eigenvalue weighted by Gasteiger charge is -2.28. The molecule has 1 aromatic carbocycles. The van der Waals surface area contributed by atoms with Crippen molar-refractivity contribution >= 4 is 0 Å². The number of hydrogen-bond donors (Lipinski definition) is 1. The fourth-order valence-electron chi connectivity index (χ4n) is 1.73. The molecule has 1 aliphatic rings. The van der Waals surface area contributed by atoms with Crippen molar-refractivity contribution in [2.24, 2.45) is 0 Å². The Kier molecular flexibility index (Phi) is 2.80. The number of methoxy groups -OCH3 is 1. The largest absolute Gasteiger partial charge is 0.496 e. The van der Waals surface area contributed by atoms with Gasteiger partial charge < -0.3 is 10.1 Å². The lowest BCUT2D eigenvalue weighted by Crippen LogP contribution is -2.39. The Balaban J connectivity index is 2.38. The zero-order valence-corrected chi connectivity index (χ0v) is 8.77. The van der Waals surface area contributed by atoms with Crippen LogP contribution in [-0.4, -0.2) is 20.2 Å². The Hall–Kier alpha value is -1.23. The fourth-order valence-corrected chi connectivity index (χ4v) is 1.73. The van der Waals surface area contributed by atoms with Crippen LogP contribution >= 0.6 is 0 Å². The molecular formula is C11H12F3NO. The maximum atomic E-state index is 12.7. The van der Waals surface area contributed by atoms with E-state index in [-0.39, 0.29) is 11.7 Å². The molecule has 1 N–H and O–H groups in total. The lowest BCUT2D eigenvalue weighted by molar-refractivity contribution is -0.138. The van der Waals surface area contributed by atoms with Gasteiger partial charge in [0.2, 0.25) is 0 Å². The Labute approximate surface area is 91.4 Å². The van der Waals surface area contributed by atoms with E-state index in [1.54, 1.807) is 6.07 Å². The van der Waals surface area contributed by atoms with E-state index in [0.717, 1.165) is 13.1 Å². The molecule has 1 aliphatic heterocycles. The summed E-state index contributed by atoms with van der Waals surface area (Å²) in [5.41, 5.74) is 0.0197. The van der Waals surface area contributed by atoms with E-state index in [0.29, 0.717) is 5.56 Å². The molecular weight excluding hydrogens is 219 g/mol. The summed E-state index contributed by atoms with van der Waals surface area (Å²) in [5.74, 6) is 0.0653. The van der Waals surface area contributed by atoms with Gasteiger partial charge in [0.15, 0.2) is 0 Å². The summed E-state index contributed by atoms with van der Waals surface area (Å²) in [6.45, 7) is 1.48. The quantitative estimate of drug-likeness (QED) is 0.843. The monoisotopic (exact) mass is 231 g/mol. The Bertz CT molecular complexity index is 385. The first-order chi connectivity index (χ1) is 7.52. The van der Waals surface area contributed by atoms with Gasteiger partial charge in [-0.25, -0.2) is 0 Å². The highest BCUT2D eigenvalue weighted by Gasteiger charge is 2.35. The van der Waals surface area contributed by atoms with E-state index in [1.165, 1.54) is 19.2 Å². The van der Waals surface area contributed by atoms with Crippen molar-refractivity contribution in [1.29, 1.82) is 0 Å². The van der Waals surface area contributed by atoms with Gasteiger partial charge in [0, 0.05) is 19.0 Å². The van der Waals surface area contributed by atoms with Crippen LogP contribution < -0.4 is 10.1 Å². The predicted octanol–water partition coefficient (Wildman–Crippen LogP) is 2.40. The maximum absolute atomic E-state index is 12.7. The molecule has 0 bridgehead atoms. The van der Waals surface area contributed by atoms with Crippen LogP contribution in [0.25, 0.3) is 0 Å². The van der Waals surface area contributed by atoms with Crippen LogP contribution in [0, 0.1) is 0 Å². The van der Waals surface area contributed by atoms with Gasteiger partial charge in [0.25, 0.3) is 0 Å². The highest BCUT2D eigenvalue weighted by molar-refractivity contribution is 5.41. The molecule has 5 heteroatoms. The molecule has 1 saturated heterocycles. The Morgan fingerprint density at radius 3 is 2.44 bits per heavy atom. The van der Waals surface area contributed by atoms with E-state index in [1.807, 2.05) is 0 Å². The highest BCUT2D eigenvalue weighted by Crippen LogP contribution is 2.38. The summed E-state index contributed by atoms with van der Waals surface area (Å²) in [7, 11) is 1.25. The van der Waals surface area contributed by atoms with Gasteiger partial charge in [-0.1, -0.05) is 6.07 Å². The normalized spacial score (nSPS) is 17.0. The number of nitrogens with one attached hydrogen (secondary N) is 1. The lowest BCUT2D eigenvalue weighted by atomic mass is 9.92. The van der Waals surface area contributed by atoms with E-state index in [2.05, 4.69) is 5.32 Å². The van der Waals surface area contributed by atoms with Crippen LogP contribution in [-0.2, 0) is 6.18 Å². The second-order valence-electron chi connectivity index (χ2n) is 3.81. The van der Waals surface area contributed by atoms with E-state index in [4.69, 9.17) is 4.74 Å². The Morgan fingerprint density at radius 1 is 1.31 bits per heavy atom. The van der Waals surface area contributed by atoms with Crippen molar-refractivity contribution in [3.63, 3.8) is 0 Å². The molecule has 16 heavy (non-hydrogen) atoms. The van der Waals surface area contributed by atoms with Crippen LogP contribution in [0.5, 0.6) is 5.75 Å². The van der Waals surface area contributed by atoms with Crippen LogP contribution in [0.4, 0.5) is 13.2 Å². The van der Waals surface area contributed by atoms with E-state index in [9.17, 15) is 13.2 Å². The molecule has 0 aromatic heterocycles. The zero-order chi connectivity index (χ0) is 11.8. The maximum Gasteiger partial charge on any atom is 0.419 e. The average Bonchev–Trinajstić information content (AvgIpc) is 2.13. The summed E-state index contributed by atoms with van der Waals surface area (Å²) in [4.78, 5) is 0. The van der Waals surface area contributed by atoms with Gasteiger partial charge in [-0.3, -0.25) is 0 Å². The van der Waals surface area contributed by atoms with Crippen molar-refractivity contribution < 1.29 is 17.9 Å². The number of ether oxygens (including phenoxy) is 1. The van der Waals surface area contributed by atoms with Gasteiger partial charge in [0.05, 0.1) is 12.7 Å². The molecule has 0 atom stereocenters. The minimum atomic E-state index is -4.36. The third kappa shape index (κ3) is 2.00. The molecule has 1 heterocycles. The zero-order valence-electron chi connectivity index (χ0n) is 8.77. The fraction of sp³-hybridized carbons (Fsp3) is 0.455. The number of hydrogen-bond acceptors (Lipinski definition) is 2. The first-order valence-corrected chi connectivity index (χ1v) is 4.98. The van der Waals surface area contributed by atoms with E-state index >= 15 is 0 Å². The highest BCUT2D eigenvalue weighted by atomic mass is 19.4. The Morgan fingerprint density at radius 2 is 2.00 bits per heavy atom. The van der Waals surface area contributed by atoms with Crippen LogP contribution in [0.3, 0.4) is 0 Å². The van der Waals surface area contributed by atoms with Crippen molar-refractivity contribution in [1.82, 2.24) is 5.32 Å². The first kappa shape index (κ1) is 11.3. The van der Waals surface area contributed by atoms with Gasteiger partial charge in [-0.2, -0.15) is 13.2 Å². The summed E-state index contributed by atoms with van der Waals surface area (Å²) < 4.78 is 42.8. The smallest absolute Gasteiger partial charge is 0.419 e. The molecule has 0 aliphatic carbocycles. The predicted molar refractivity (Wildman–Crippen MR) is 53.6 cm³/mol. The molecule has 0 radical (unpaired) electrons. The molecule has 2 rings (SSSR count). The second-order valence-corrected chi connectivity index (χ2v) is 3.81. The SMILES string of the molecule is COc1ccc(C2CNC2)cc1C(F)(F)F. The summed E-state index contributed by atoms with van der Waals surface area (Å²) in [6, 6.07) is 4.26. The molecule has 0 spiro atoms. The summed E-state index contributed by atoms with van der Waals surface area (Å²) in [5, 5.41) is 3.03. The third-order valence-electron chi connectivity index (χ3n) is 2.78. The molecule has 2 nitrogen and oxygen atoms in total. The number of rotatable bonds is 2. The first-order valence-electron chi connectivity index (χ1n) is 4.98. The molecule has 1 fully saturated rings. The van der Waals surface area contributed by atoms with E-state index < -0.39 is 11.7 Å². The second kappa shape index (κ2) is 3.97. The van der Waals surface area contributed by atoms with Crippen molar-refractivity contribution in [2.75, 3.05) is 20.2 Å². The van der Waals surface area contributed by atoms with Crippen molar-refractivity contribution in [3.8, 4) is 5.75 Å². The average molecular weight is 231 g/mol. The molecule has 1 aromatic rings. The standard InChI is InChI=1S/C11H12F3NO/c1-16-10-3-2-7(8-5-15-6-8)4-9(10)11(12,13)14/h2-4,8,15H,5-6H2,1H3. The van der Waals surface area contributed by atoms with Gasteiger partial charge in [-0.15, -0.1) is 0 Å². The molecule has 88 valence electrons. The molecule has 0 saturated carbocycles. The van der Waals surface area contributed by atoms with Gasteiger partial charge in [0.1, 0.15) is 5.75 Å². The topological polar surface area (TPSA) is 21.3 Å². The van der Waals surface area contributed by atoms with Crippen LogP contribution in [0.2, 0.25) is 0 Å². The third-order valence-corrected chi connectivity index (χ3v) is 2.78. The molecule has 0 amide bonds. The summed E-state index contributed by atoms with van der Waals surface area (Å²) in [6.07, 6.45) is -4.36. The van der Waals surface area contributed by atoms with Crippen LogP contribution in [0.15, 0.2) is 18.2 Å². The minimum Gasteiger partial charge on any atom is -0.496 e. The number of halogens is 3. The van der Waals surface area contributed by atoms with Crippen molar-refractivity contribution in [3.05, 3.63) is 29.3 Å². The van der Waals surface area contributed by atoms with Crippen LogP contribution in [0.1, 0.15) is 17.0 Å². The number of benzene rings is 1. The van der Waals surface area contributed by atoms with Crippen molar-refractivity contribution in [2.45, 2.75) is 12.1 Å². The van der Waals surface area contributed by atoms with Gasteiger partial charge >= 0.3 is 6.18 Å². The van der Waals surface area contributed by atoms with Gasteiger partial charge in [-0.05, 0) is 17.7 Å². The summed E-state index contributed by atoms with van der Waals surface area (Å²) >= 11 is 0.